The van der Waals surface area contributed by atoms with Crippen molar-refractivity contribution >= 4 is 63.5 Å². The monoisotopic (exact) mass is 532 g/mol. The number of carboxylic acid groups (broad SMARTS) is 1. The number of carbonyl (C=O) groups is 3. The Morgan fingerprint density at radius 1 is 1.44 bits per heavy atom. The number of nitrogens with two attached hydrogens (primary N) is 1. The third kappa shape index (κ3) is 4.83. The van der Waals surface area contributed by atoms with Gasteiger partial charge in [-0.25, -0.2) is 4.98 Å². The smallest absolute Gasteiger partial charge is 0.543 e. The Balaban J connectivity index is 0.00000324. The van der Waals surface area contributed by atoms with E-state index in [0.29, 0.717) is 22.3 Å². The van der Waals surface area contributed by atoms with Gasteiger partial charge in [0.15, 0.2) is 16.0 Å². The number of nitrogens with one attached hydrogen (secondary N) is 1. The van der Waals surface area contributed by atoms with Crippen molar-refractivity contribution in [2.75, 3.05) is 17.2 Å². The van der Waals surface area contributed by atoms with Gasteiger partial charge in [-0.3, -0.25) is 14.5 Å². The second-order valence-electron chi connectivity index (χ2n) is 7.00. The number of aryl methyl sites for hydroxylation is 1. The normalized spacial score (nSPS) is 19.9. The van der Waals surface area contributed by atoms with Gasteiger partial charge in [-0.1, -0.05) is 16.9 Å². The number of thiazole rings is 1. The molecule has 0 aliphatic carbocycles. The van der Waals surface area contributed by atoms with E-state index in [-0.39, 0.29) is 51.8 Å². The molecule has 4 heterocycles. The van der Waals surface area contributed by atoms with E-state index < -0.39 is 34.9 Å². The largest absolute Gasteiger partial charge is 1.00 e. The quantitative estimate of drug-likeness (QED) is 0.0778. The zero-order valence-electron chi connectivity index (χ0n) is 18.2. The van der Waals surface area contributed by atoms with Crippen LogP contribution in [0.25, 0.3) is 0 Å². The standard InChI is InChI=1S/C17H18N8O5S3.Na/c1-6-21-22-17(24(6)2)33-4-7-3-31-14-10(13(27)25(14)11(7)15(28)29)20-12(26)9(23-30)8-5-32-16(18)19-8;/h5,10,14,30H,3-4H2,1-2H3,(H2,18,19)(H,20,26)(H,28,29);/q;+1/p-1/t10?,14-;/m1./s1. The molecule has 2 aromatic heterocycles. The van der Waals surface area contributed by atoms with Crippen molar-refractivity contribution in [2.24, 2.45) is 12.2 Å². The fraction of sp³-hybridized carbons (Fsp3) is 0.353. The Morgan fingerprint density at radius 2 is 2.18 bits per heavy atom. The van der Waals surface area contributed by atoms with Crippen LogP contribution < -0.4 is 45.7 Å². The summed E-state index contributed by atoms with van der Waals surface area (Å²) in [5.41, 5.74) is 5.51. The van der Waals surface area contributed by atoms with Gasteiger partial charge in [0.1, 0.15) is 22.9 Å². The van der Waals surface area contributed by atoms with Crippen LogP contribution in [-0.2, 0) is 21.4 Å². The molecule has 2 aliphatic heterocycles. The van der Waals surface area contributed by atoms with E-state index in [9.17, 15) is 24.7 Å². The van der Waals surface area contributed by atoms with Crippen LogP contribution >= 0.6 is 34.9 Å². The van der Waals surface area contributed by atoms with Gasteiger partial charge in [-0.05, 0) is 12.5 Å². The Bertz CT molecular complexity index is 1210. The number of thioether (sulfide) groups is 2. The van der Waals surface area contributed by atoms with Gasteiger partial charge in [-0.15, -0.1) is 33.3 Å². The predicted octanol–water partition coefficient (Wildman–Crippen LogP) is -4.46. The number of fused-ring (bicyclic) bond motifs is 1. The maximum Gasteiger partial charge on any atom is 1.00 e. The van der Waals surface area contributed by atoms with E-state index in [1.807, 2.05) is 0 Å². The molecule has 17 heteroatoms. The van der Waals surface area contributed by atoms with Gasteiger partial charge in [0.2, 0.25) is 0 Å². The molecule has 0 spiro atoms. The second kappa shape index (κ2) is 10.7. The summed E-state index contributed by atoms with van der Waals surface area (Å²) in [5.74, 6) is -1.60. The summed E-state index contributed by atoms with van der Waals surface area (Å²) in [5, 5.41) is 36.2. The number of carboxylic acids is 1. The number of amides is 2. The molecular weight excluding hydrogens is 515 g/mol. The van der Waals surface area contributed by atoms with Gasteiger partial charge < -0.3 is 30.7 Å². The molecule has 0 radical (unpaired) electrons. The van der Waals surface area contributed by atoms with Crippen molar-refractivity contribution in [3.63, 3.8) is 0 Å². The molecule has 2 aromatic rings. The Morgan fingerprint density at radius 3 is 2.74 bits per heavy atom. The molecule has 2 aliphatic rings. The van der Waals surface area contributed by atoms with Crippen LogP contribution in [0.3, 0.4) is 0 Å². The Hall–Kier alpha value is -2.11. The van der Waals surface area contributed by atoms with Gasteiger partial charge >= 0.3 is 29.6 Å². The first-order chi connectivity index (χ1) is 15.7. The topological polar surface area (TPSA) is 192 Å². The number of oxime groups is 1. The fourth-order valence-electron chi connectivity index (χ4n) is 3.27. The van der Waals surface area contributed by atoms with Crippen LogP contribution in [0.4, 0.5) is 5.13 Å². The van der Waals surface area contributed by atoms with E-state index >= 15 is 0 Å². The predicted molar refractivity (Wildman–Crippen MR) is 118 cm³/mol. The van der Waals surface area contributed by atoms with Crippen LogP contribution in [0.5, 0.6) is 0 Å². The van der Waals surface area contributed by atoms with Gasteiger partial charge in [0.05, 0.1) is 11.7 Å². The van der Waals surface area contributed by atoms with Crippen molar-refractivity contribution in [3.8, 4) is 0 Å². The van der Waals surface area contributed by atoms with E-state index in [1.165, 1.54) is 28.9 Å². The first kappa shape index (κ1) is 26.5. The van der Waals surface area contributed by atoms with Gasteiger partial charge in [-0.2, -0.15) is 0 Å². The number of aromatic nitrogens is 4. The molecule has 34 heavy (non-hydrogen) atoms. The maximum absolute atomic E-state index is 12.8. The molecule has 0 bridgehead atoms. The van der Waals surface area contributed by atoms with Crippen LogP contribution in [0.15, 0.2) is 27.0 Å². The van der Waals surface area contributed by atoms with Crippen molar-refractivity contribution < 1.29 is 54.3 Å². The maximum atomic E-state index is 12.8. The third-order valence-electron chi connectivity index (χ3n) is 5.03. The average Bonchev–Trinajstić information content (AvgIpc) is 3.35. The van der Waals surface area contributed by atoms with E-state index in [4.69, 9.17) is 5.73 Å². The molecule has 4 rings (SSSR count). The molecule has 0 saturated carbocycles. The second-order valence-corrected chi connectivity index (χ2v) is 9.93. The third-order valence-corrected chi connectivity index (χ3v) is 8.15. The van der Waals surface area contributed by atoms with Gasteiger partial charge in [0, 0.05) is 23.9 Å². The van der Waals surface area contributed by atoms with Crippen LogP contribution in [0.1, 0.15) is 11.5 Å². The molecule has 4 N–H and O–H groups in total. The summed E-state index contributed by atoms with van der Waals surface area (Å²) in [7, 11) is 1.80. The minimum Gasteiger partial charge on any atom is -0.543 e. The summed E-state index contributed by atoms with van der Waals surface area (Å²) in [4.78, 5) is 42.2. The van der Waals surface area contributed by atoms with Gasteiger partial charge in [0.25, 0.3) is 11.8 Å². The first-order valence-corrected chi connectivity index (χ1v) is 12.3. The van der Waals surface area contributed by atoms with E-state index in [1.54, 1.807) is 18.5 Å². The number of rotatable bonds is 7. The van der Waals surface area contributed by atoms with Crippen LogP contribution in [0.2, 0.25) is 0 Å². The van der Waals surface area contributed by atoms with Crippen molar-refractivity contribution in [3.05, 3.63) is 28.2 Å². The first-order valence-electron chi connectivity index (χ1n) is 9.34. The molecule has 1 fully saturated rings. The summed E-state index contributed by atoms with van der Waals surface area (Å²) in [6.45, 7) is 1.80. The average molecular weight is 533 g/mol. The number of carbonyl (C=O) groups excluding carboxylic acids is 3. The van der Waals surface area contributed by atoms with Crippen molar-refractivity contribution in [2.45, 2.75) is 23.5 Å². The summed E-state index contributed by atoms with van der Waals surface area (Å²) in [6.07, 6.45) is 0. The minimum atomic E-state index is -1.47. The molecule has 13 nitrogen and oxygen atoms in total. The zero-order chi connectivity index (χ0) is 23.9. The van der Waals surface area contributed by atoms with Crippen LogP contribution in [0, 0.1) is 6.92 Å². The van der Waals surface area contributed by atoms with E-state index in [0.717, 1.165) is 16.2 Å². The van der Waals surface area contributed by atoms with Crippen LogP contribution in [-0.4, -0.2) is 76.3 Å². The molecule has 2 amide bonds. The van der Waals surface area contributed by atoms with E-state index in [2.05, 4.69) is 25.7 Å². The number of hydrogen-bond donors (Lipinski definition) is 3. The number of hydrogen-bond acceptors (Lipinski definition) is 13. The number of aliphatic carboxylic acids is 1. The summed E-state index contributed by atoms with van der Waals surface area (Å²) in [6, 6.07) is -1.000. The van der Waals surface area contributed by atoms with Crippen molar-refractivity contribution in [1.82, 2.24) is 30.0 Å². The number of anilines is 1. The molecular formula is C17H17N8NaO5S3. The minimum absolute atomic E-state index is 0. The molecule has 1 unspecified atom stereocenters. The number of nitrogen functional groups attached to an aromatic ring is 1. The zero-order valence-corrected chi connectivity index (χ0v) is 22.7. The number of nitrogens with zero attached hydrogens (tertiary/aromatic N) is 6. The Labute approximate surface area is 227 Å². The SMILES string of the molecule is Cc1nnc(SCC2=C(C(=O)[O-])N3C(=O)C(NC(=O)C(=NO)c4csc(N)n4)[C@H]3SC2)n1C.[Na+]. The fourth-order valence-corrected chi connectivity index (χ4v) is 6.26. The molecule has 1 saturated heterocycles. The molecule has 0 aromatic carbocycles. The molecule has 174 valence electrons. The summed E-state index contributed by atoms with van der Waals surface area (Å²) >= 11 is 3.67. The van der Waals surface area contributed by atoms with Crippen molar-refractivity contribution in [1.29, 1.82) is 0 Å². The molecule has 2 atom stereocenters. The Kier molecular flexibility index (Phi) is 8.30. The number of β-lactam (4-membered cyclic amide) rings is 1. The summed E-state index contributed by atoms with van der Waals surface area (Å²) < 4.78 is 1.78.